The van der Waals surface area contributed by atoms with E-state index in [-0.39, 0.29) is 12.6 Å². The number of aliphatic hydroxyl groups excluding tert-OH is 1. The van der Waals surface area contributed by atoms with Gasteiger partial charge in [-0.05, 0) is 6.42 Å². The average Bonchev–Trinajstić information content (AvgIpc) is 2.26. The summed E-state index contributed by atoms with van der Waals surface area (Å²) in [5.41, 5.74) is 0. The lowest BCUT2D eigenvalue weighted by molar-refractivity contribution is 0.00204. The molecule has 1 saturated heterocycles. The highest BCUT2D eigenvalue weighted by Crippen LogP contribution is 2.22. The number of aliphatic hydroxyl groups is 1. The molecular formula is C5H12BO5P. The van der Waals surface area contributed by atoms with E-state index in [1.165, 1.54) is 0 Å². The van der Waals surface area contributed by atoms with Crippen molar-refractivity contribution in [1.82, 2.24) is 0 Å². The van der Waals surface area contributed by atoms with E-state index in [9.17, 15) is 9.67 Å². The lowest BCUT2D eigenvalue weighted by Crippen LogP contribution is -2.25. The number of ether oxygens (including phenoxy) is 1. The fourth-order valence-electron chi connectivity index (χ4n) is 1.24. The zero-order chi connectivity index (χ0) is 9.14. The van der Waals surface area contributed by atoms with Gasteiger partial charge in [-0.2, -0.15) is 0 Å². The lowest BCUT2D eigenvalue weighted by Gasteiger charge is -2.12. The van der Waals surface area contributed by atoms with Crippen LogP contribution < -0.4 is 0 Å². The summed E-state index contributed by atoms with van der Waals surface area (Å²) in [5.74, 6) is 0. The molecule has 0 radical (unpaired) electrons. The fourth-order valence-corrected chi connectivity index (χ4v) is 1.55. The molecule has 0 aromatic rings. The van der Waals surface area contributed by atoms with E-state index in [0.717, 1.165) is 0 Å². The highest BCUT2D eigenvalue weighted by Gasteiger charge is 2.31. The van der Waals surface area contributed by atoms with Crippen molar-refractivity contribution in [2.75, 3.05) is 6.61 Å². The first-order valence-electron chi connectivity index (χ1n) is 3.79. The van der Waals surface area contributed by atoms with Gasteiger partial charge in [0, 0.05) is 6.00 Å². The predicted molar refractivity (Wildman–Crippen MR) is 45.0 cm³/mol. The number of hydrogen-bond donors (Lipinski definition) is 2. The Morgan fingerprint density at radius 2 is 2.42 bits per heavy atom. The first-order chi connectivity index (χ1) is 5.59. The molecule has 0 spiro atoms. The minimum absolute atomic E-state index is 0.00498. The van der Waals surface area contributed by atoms with Gasteiger partial charge in [0.05, 0.1) is 12.7 Å². The largest absolute Gasteiger partial charge is 0.390 e. The van der Waals surface area contributed by atoms with Gasteiger partial charge >= 0.3 is 8.25 Å². The van der Waals surface area contributed by atoms with E-state index in [1.54, 1.807) is 0 Å². The van der Waals surface area contributed by atoms with Crippen molar-refractivity contribution in [3.63, 3.8) is 0 Å². The second kappa shape index (κ2) is 4.39. The van der Waals surface area contributed by atoms with Gasteiger partial charge in [0.15, 0.2) is 0 Å². The van der Waals surface area contributed by atoms with E-state index < -0.39 is 20.5 Å². The maximum atomic E-state index is 10.2. The van der Waals surface area contributed by atoms with Gasteiger partial charge in [0.2, 0.25) is 0 Å². The van der Waals surface area contributed by atoms with Gasteiger partial charge in [-0.3, -0.25) is 4.57 Å². The van der Waals surface area contributed by atoms with E-state index in [0.29, 0.717) is 6.42 Å². The summed E-state index contributed by atoms with van der Waals surface area (Å²) in [5, 5.41) is 9.29. The first-order valence-corrected chi connectivity index (χ1v) is 5.05. The van der Waals surface area contributed by atoms with Crippen LogP contribution in [0.5, 0.6) is 0 Å². The van der Waals surface area contributed by atoms with Crippen LogP contribution >= 0.6 is 8.25 Å². The standard InChI is InChI=1S/C5H12BO5P/c6-5-1-3(7)4(11-5)2-10-12(8)9/h3-5,7,12H,1-2,6H2,(H,8,9)/t3-,4-,5-/m1/s1. The summed E-state index contributed by atoms with van der Waals surface area (Å²) in [6.45, 7) is -0.0141. The molecule has 1 fully saturated rings. The molecule has 1 rings (SSSR count). The predicted octanol–water partition coefficient (Wildman–Crippen LogP) is -1.51. The summed E-state index contributed by atoms with van der Waals surface area (Å²) >= 11 is 0. The fraction of sp³-hybridized carbons (Fsp3) is 1.00. The average molecular weight is 194 g/mol. The van der Waals surface area contributed by atoms with Crippen LogP contribution in [-0.2, 0) is 13.8 Å². The third-order valence-electron chi connectivity index (χ3n) is 1.78. The van der Waals surface area contributed by atoms with Crippen LogP contribution in [0, 0.1) is 0 Å². The monoisotopic (exact) mass is 194 g/mol. The molecule has 1 heterocycles. The van der Waals surface area contributed by atoms with Crippen molar-refractivity contribution in [2.45, 2.75) is 24.6 Å². The molecule has 2 N–H and O–H groups in total. The van der Waals surface area contributed by atoms with Crippen molar-refractivity contribution in [2.24, 2.45) is 0 Å². The van der Waals surface area contributed by atoms with Crippen LogP contribution in [0.2, 0.25) is 0 Å². The van der Waals surface area contributed by atoms with Crippen LogP contribution in [0.3, 0.4) is 0 Å². The quantitative estimate of drug-likeness (QED) is 0.422. The second-order valence-electron chi connectivity index (χ2n) is 2.87. The molecule has 1 unspecified atom stereocenters. The summed E-state index contributed by atoms with van der Waals surface area (Å²) in [4.78, 5) is 8.35. The van der Waals surface area contributed by atoms with Gasteiger partial charge in [-0.15, -0.1) is 0 Å². The van der Waals surface area contributed by atoms with E-state index in [2.05, 4.69) is 4.52 Å². The van der Waals surface area contributed by atoms with E-state index in [1.807, 2.05) is 7.85 Å². The van der Waals surface area contributed by atoms with Crippen LogP contribution in [0.15, 0.2) is 0 Å². The molecule has 0 saturated carbocycles. The van der Waals surface area contributed by atoms with E-state index in [4.69, 9.17) is 9.63 Å². The maximum Gasteiger partial charge on any atom is 0.316 e. The molecule has 0 bridgehead atoms. The van der Waals surface area contributed by atoms with Crippen molar-refractivity contribution >= 4 is 16.1 Å². The minimum atomic E-state index is -2.90. The molecule has 7 heteroatoms. The molecule has 0 aromatic carbocycles. The minimum Gasteiger partial charge on any atom is -0.390 e. The van der Waals surface area contributed by atoms with Crippen LogP contribution in [0.4, 0.5) is 0 Å². The topological polar surface area (TPSA) is 76.0 Å². The molecule has 5 nitrogen and oxygen atoms in total. The Kier molecular flexibility index (Phi) is 3.74. The van der Waals surface area contributed by atoms with Gasteiger partial charge in [0.1, 0.15) is 14.0 Å². The molecule has 0 amide bonds. The van der Waals surface area contributed by atoms with Gasteiger partial charge in [-0.1, -0.05) is 0 Å². The summed E-state index contributed by atoms with van der Waals surface area (Å²) < 4.78 is 19.8. The molecule has 1 aliphatic rings. The van der Waals surface area contributed by atoms with Crippen molar-refractivity contribution < 1.29 is 23.8 Å². The molecule has 1 aliphatic heterocycles. The third kappa shape index (κ3) is 2.88. The zero-order valence-electron chi connectivity index (χ0n) is 6.77. The smallest absolute Gasteiger partial charge is 0.316 e. The third-order valence-corrected chi connectivity index (χ3v) is 2.19. The molecule has 0 aromatic heterocycles. The maximum absolute atomic E-state index is 10.2. The van der Waals surface area contributed by atoms with Crippen molar-refractivity contribution in [3.05, 3.63) is 0 Å². The van der Waals surface area contributed by atoms with Crippen molar-refractivity contribution in [3.8, 4) is 0 Å². The van der Waals surface area contributed by atoms with Gasteiger partial charge in [0.25, 0.3) is 0 Å². The number of hydrogen-bond acceptors (Lipinski definition) is 4. The molecular weight excluding hydrogens is 182 g/mol. The summed E-state index contributed by atoms with van der Waals surface area (Å²) in [6.07, 6.45) is -0.483. The van der Waals surface area contributed by atoms with Gasteiger partial charge in [-0.25, -0.2) is 0 Å². The Bertz CT molecular complexity index is 177. The highest BCUT2D eigenvalue weighted by molar-refractivity contribution is 7.32. The zero-order valence-corrected chi connectivity index (χ0v) is 7.77. The Hall–Kier alpha value is 0.135. The first kappa shape index (κ1) is 10.2. The van der Waals surface area contributed by atoms with Crippen LogP contribution in [0.25, 0.3) is 0 Å². The Balaban J connectivity index is 2.28. The second-order valence-corrected chi connectivity index (χ2v) is 3.69. The van der Waals surface area contributed by atoms with Gasteiger partial charge < -0.3 is 19.3 Å². The SMILES string of the molecule is B[C@H]1C[C@@H](O)[C@@H](CO[PH](=O)O)O1. The summed E-state index contributed by atoms with van der Waals surface area (Å²) in [6, 6.07) is -0.00498. The molecule has 4 atom stereocenters. The van der Waals surface area contributed by atoms with Crippen LogP contribution in [0.1, 0.15) is 6.42 Å². The number of rotatable bonds is 3. The van der Waals surface area contributed by atoms with Crippen molar-refractivity contribution in [1.29, 1.82) is 0 Å². The molecule has 12 heavy (non-hydrogen) atoms. The van der Waals surface area contributed by atoms with E-state index >= 15 is 0 Å². The highest BCUT2D eigenvalue weighted by atomic mass is 31.1. The lowest BCUT2D eigenvalue weighted by atomic mass is 9.96. The molecule has 70 valence electrons. The van der Waals surface area contributed by atoms with Crippen LogP contribution in [-0.4, -0.2) is 42.7 Å². The Labute approximate surface area is 72.0 Å². The normalized spacial score (nSPS) is 38.3. The Morgan fingerprint density at radius 3 is 2.83 bits per heavy atom. The Morgan fingerprint density at radius 1 is 1.75 bits per heavy atom. The summed E-state index contributed by atoms with van der Waals surface area (Å²) in [7, 11) is -1.06. The molecule has 0 aliphatic carbocycles.